The second-order valence-electron chi connectivity index (χ2n) is 7.63. The Morgan fingerprint density at radius 2 is 1.97 bits per heavy atom. The standard InChI is InChI=1S/C22H19Cl2N7O2/c1-3-17(32)30-4-6-31(7-5-30)21-13-9-16(23)28-22(19(13)25-11-26-21)33-20-14-10-27-29-15(14)8-12(2)18(20)24/h3,8-11H,1,4-7H2,2H3,(H,27,29). The van der Waals surface area contributed by atoms with Gasteiger partial charge in [-0.25, -0.2) is 9.97 Å². The van der Waals surface area contributed by atoms with Gasteiger partial charge in [0, 0.05) is 26.2 Å². The third kappa shape index (κ3) is 3.83. The van der Waals surface area contributed by atoms with Gasteiger partial charge in [-0.3, -0.25) is 9.89 Å². The highest BCUT2D eigenvalue weighted by Gasteiger charge is 2.24. The van der Waals surface area contributed by atoms with Gasteiger partial charge in [0.05, 0.1) is 27.5 Å². The molecule has 0 unspecified atom stereocenters. The summed E-state index contributed by atoms with van der Waals surface area (Å²) in [4.78, 5) is 29.0. The van der Waals surface area contributed by atoms with E-state index in [0.717, 1.165) is 16.5 Å². The lowest BCUT2D eigenvalue weighted by molar-refractivity contribution is -0.126. The normalized spacial score (nSPS) is 14.2. The average molecular weight is 484 g/mol. The zero-order valence-electron chi connectivity index (χ0n) is 17.7. The van der Waals surface area contributed by atoms with Crippen LogP contribution in [-0.2, 0) is 4.79 Å². The van der Waals surface area contributed by atoms with Gasteiger partial charge < -0.3 is 14.5 Å². The Kier molecular flexibility index (Phi) is 5.51. The number of amides is 1. The van der Waals surface area contributed by atoms with Crippen LogP contribution in [0.1, 0.15) is 5.56 Å². The molecule has 11 heteroatoms. The van der Waals surface area contributed by atoms with Gasteiger partial charge in [0.25, 0.3) is 0 Å². The molecule has 4 heterocycles. The Bertz CT molecular complexity index is 1400. The van der Waals surface area contributed by atoms with Gasteiger partial charge in [0.1, 0.15) is 22.8 Å². The van der Waals surface area contributed by atoms with E-state index in [4.69, 9.17) is 27.9 Å². The molecule has 168 valence electrons. The van der Waals surface area contributed by atoms with E-state index in [2.05, 4.69) is 36.6 Å². The minimum Gasteiger partial charge on any atom is -0.435 e. The lowest BCUT2D eigenvalue weighted by Crippen LogP contribution is -2.48. The van der Waals surface area contributed by atoms with Crippen LogP contribution in [0.15, 0.2) is 37.3 Å². The van der Waals surface area contributed by atoms with E-state index in [1.165, 1.54) is 12.4 Å². The Balaban J connectivity index is 1.55. The lowest BCUT2D eigenvalue weighted by Gasteiger charge is -2.35. The number of H-pyrrole nitrogens is 1. The summed E-state index contributed by atoms with van der Waals surface area (Å²) in [6.07, 6.45) is 4.44. The Labute approximate surface area is 199 Å². The number of aryl methyl sites for hydroxylation is 1. The third-order valence-electron chi connectivity index (χ3n) is 5.62. The van der Waals surface area contributed by atoms with Crippen LogP contribution < -0.4 is 9.64 Å². The predicted molar refractivity (Wildman–Crippen MR) is 127 cm³/mol. The van der Waals surface area contributed by atoms with E-state index in [0.29, 0.717) is 53.7 Å². The summed E-state index contributed by atoms with van der Waals surface area (Å²) in [5, 5.41) is 9.13. The van der Waals surface area contributed by atoms with Gasteiger partial charge in [-0.1, -0.05) is 29.8 Å². The summed E-state index contributed by atoms with van der Waals surface area (Å²) in [6.45, 7) is 7.80. The van der Waals surface area contributed by atoms with Crippen LogP contribution in [0.3, 0.4) is 0 Å². The van der Waals surface area contributed by atoms with E-state index in [9.17, 15) is 4.79 Å². The number of piperazine rings is 1. The van der Waals surface area contributed by atoms with Gasteiger partial charge >= 0.3 is 0 Å². The number of aromatic amines is 1. The van der Waals surface area contributed by atoms with E-state index in [1.807, 2.05) is 13.0 Å². The maximum atomic E-state index is 11.9. The Hall–Kier alpha value is -3.43. The molecule has 1 saturated heterocycles. The zero-order chi connectivity index (χ0) is 23.1. The minimum atomic E-state index is -0.0780. The molecule has 0 saturated carbocycles. The number of carbonyl (C=O) groups excluding carboxylic acids is 1. The molecular formula is C22H19Cl2N7O2. The summed E-state index contributed by atoms with van der Waals surface area (Å²) in [7, 11) is 0. The molecule has 1 aliphatic heterocycles. The fraction of sp³-hybridized carbons (Fsp3) is 0.227. The first kappa shape index (κ1) is 21.4. The van der Waals surface area contributed by atoms with Crippen molar-refractivity contribution in [2.75, 3.05) is 31.1 Å². The number of hydrogen-bond acceptors (Lipinski definition) is 7. The fourth-order valence-corrected chi connectivity index (χ4v) is 4.32. The topological polar surface area (TPSA) is 100 Å². The number of halogens is 2. The second-order valence-corrected chi connectivity index (χ2v) is 8.40. The summed E-state index contributed by atoms with van der Waals surface area (Å²) in [5.41, 5.74) is 2.13. The number of benzene rings is 1. The molecular weight excluding hydrogens is 465 g/mol. The van der Waals surface area contributed by atoms with Crippen molar-refractivity contribution in [3.05, 3.63) is 53.1 Å². The lowest BCUT2D eigenvalue weighted by atomic mass is 10.1. The highest BCUT2D eigenvalue weighted by molar-refractivity contribution is 6.34. The minimum absolute atomic E-state index is 0.0780. The third-order valence-corrected chi connectivity index (χ3v) is 6.28. The van der Waals surface area contributed by atoms with E-state index < -0.39 is 0 Å². The first-order valence-corrected chi connectivity index (χ1v) is 11.0. The smallest absolute Gasteiger partial charge is 0.247 e. The zero-order valence-corrected chi connectivity index (χ0v) is 19.2. The fourth-order valence-electron chi connectivity index (χ4n) is 3.94. The molecule has 0 bridgehead atoms. The molecule has 1 fully saturated rings. The first-order chi connectivity index (χ1) is 16.0. The van der Waals surface area contributed by atoms with Crippen molar-refractivity contribution in [1.29, 1.82) is 0 Å². The van der Waals surface area contributed by atoms with Crippen molar-refractivity contribution in [3.63, 3.8) is 0 Å². The molecule has 0 spiro atoms. The number of aromatic nitrogens is 5. The number of nitrogens with zero attached hydrogens (tertiary/aromatic N) is 6. The molecule has 0 radical (unpaired) electrons. The number of carbonyl (C=O) groups is 1. The van der Waals surface area contributed by atoms with Crippen LogP contribution in [0.25, 0.3) is 21.8 Å². The monoisotopic (exact) mass is 483 g/mol. The van der Waals surface area contributed by atoms with Gasteiger partial charge in [-0.15, -0.1) is 0 Å². The van der Waals surface area contributed by atoms with Gasteiger partial charge in [-0.05, 0) is 30.7 Å². The van der Waals surface area contributed by atoms with Gasteiger partial charge in [0.15, 0.2) is 5.75 Å². The summed E-state index contributed by atoms with van der Waals surface area (Å²) in [6, 6.07) is 3.61. The number of ether oxygens (including phenoxy) is 1. The van der Waals surface area contributed by atoms with Crippen molar-refractivity contribution >= 4 is 56.7 Å². The maximum Gasteiger partial charge on any atom is 0.247 e. The molecule has 1 aliphatic rings. The highest BCUT2D eigenvalue weighted by atomic mass is 35.5. The van der Waals surface area contributed by atoms with Crippen LogP contribution in [0.5, 0.6) is 11.6 Å². The number of pyridine rings is 1. The van der Waals surface area contributed by atoms with Crippen LogP contribution >= 0.6 is 23.2 Å². The molecule has 0 atom stereocenters. The van der Waals surface area contributed by atoms with Crippen molar-refractivity contribution in [3.8, 4) is 11.6 Å². The van der Waals surface area contributed by atoms with E-state index >= 15 is 0 Å². The molecule has 5 rings (SSSR count). The summed E-state index contributed by atoms with van der Waals surface area (Å²) >= 11 is 12.9. The molecule has 1 aromatic carbocycles. The van der Waals surface area contributed by atoms with Gasteiger partial charge in [0.2, 0.25) is 11.8 Å². The van der Waals surface area contributed by atoms with Crippen molar-refractivity contribution in [2.24, 2.45) is 0 Å². The number of anilines is 1. The first-order valence-electron chi connectivity index (χ1n) is 10.2. The number of fused-ring (bicyclic) bond motifs is 2. The summed E-state index contributed by atoms with van der Waals surface area (Å²) < 4.78 is 6.20. The quantitative estimate of drug-likeness (QED) is 0.343. The summed E-state index contributed by atoms with van der Waals surface area (Å²) in [5.74, 6) is 1.26. The molecule has 0 aliphatic carbocycles. The highest BCUT2D eigenvalue weighted by Crippen LogP contribution is 2.40. The molecule has 9 nitrogen and oxygen atoms in total. The van der Waals surface area contributed by atoms with E-state index in [-0.39, 0.29) is 16.9 Å². The number of nitrogens with one attached hydrogen (secondary N) is 1. The molecule has 1 N–H and O–H groups in total. The molecule has 4 aromatic rings. The predicted octanol–water partition coefficient (Wildman–Crippen LogP) is 4.14. The van der Waals surface area contributed by atoms with Crippen LogP contribution in [0.2, 0.25) is 10.2 Å². The molecule has 3 aromatic heterocycles. The van der Waals surface area contributed by atoms with Crippen molar-refractivity contribution < 1.29 is 9.53 Å². The maximum absolute atomic E-state index is 11.9. The van der Waals surface area contributed by atoms with Crippen LogP contribution in [-0.4, -0.2) is 62.1 Å². The largest absolute Gasteiger partial charge is 0.435 e. The Morgan fingerprint density at radius 3 is 2.73 bits per heavy atom. The van der Waals surface area contributed by atoms with E-state index in [1.54, 1.807) is 17.2 Å². The Morgan fingerprint density at radius 1 is 1.18 bits per heavy atom. The number of hydrogen-bond donors (Lipinski definition) is 1. The SMILES string of the molecule is C=CC(=O)N1CCN(c2ncnc3c(Oc4c(Cl)c(C)cc5[nH]ncc45)nc(Cl)cc23)CC1. The second kappa shape index (κ2) is 8.49. The van der Waals surface area contributed by atoms with Crippen molar-refractivity contribution in [2.45, 2.75) is 6.92 Å². The van der Waals surface area contributed by atoms with Crippen LogP contribution in [0, 0.1) is 6.92 Å². The number of rotatable bonds is 4. The average Bonchev–Trinajstić information content (AvgIpc) is 3.29. The van der Waals surface area contributed by atoms with Crippen molar-refractivity contribution in [1.82, 2.24) is 30.0 Å². The molecule has 33 heavy (non-hydrogen) atoms. The van der Waals surface area contributed by atoms with Gasteiger partial charge in [-0.2, -0.15) is 10.1 Å². The molecule has 1 amide bonds. The van der Waals surface area contributed by atoms with Crippen LogP contribution in [0.4, 0.5) is 5.82 Å².